The number of tetrazole rings is 1. The van der Waals surface area contributed by atoms with Crippen LogP contribution in [0.15, 0.2) is 34.9 Å². The van der Waals surface area contributed by atoms with Gasteiger partial charge in [0.2, 0.25) is 0 Å². The Labute approximate surface area is 125 Å². The van der Waals surface area contributed by atoms with Crippen molar-refractivity contribution in [2.75, 3.05) is 26.3 Å². The zero-order chi connectivity index (χ0) is 13.8. The lowest BCUT2D eigenvalue weighted by atomic mass is 10.3. The minimum absolute atomic E-state index is 0.728. The number of quaternary nitrogens is 1. The summed E-state index contributed by atoms with van der Waals surface area (Å²) in [6.07, 6.45) is 4.06. The van der Waals surface area contributed by atoms with Gasteiger partial charge in [0.05, 0.1) is 25.1 Å². The SMILES string of the molecule is Brc1ccc(-n2nnnc2/C=C/[NH+]2CCOCC2)cc1. The average molecular weight is 337 g/mol. The molecule has 1 saturated heterocycles. The Balaban J connectivity index is 1.79. The number of rotatable bonds is 3. The molecule has 0 bridgehead atoms. The molecular weight excluding hydrogens is 322 g/mol. The predicted molar refractivity (Wildman–Crippen MR) is 77.4 cm³/mol. The quantitative estimate of drug-likeness (QED) is 0.876. The molecule has 0 spiro atoms. The van der Waals surface area contributed by atoms with Crippen LogP contribution in [0.25, 0.3) is 11.8 Å². The summed E-state index contributed by atoms with van der Waals surface area (Å²) in [6, 6.07) is 7.88. The Morgan fingerprint density at radius 3 is 2.70 bits per heavy atom. The molecule has 0 saturated carbocycles. The molecule has 1 aromatic heterocycles. The van der Waals surface area contributed by atoms with E-state index in [1.54, 1.807) is 4.68 Å². The summed E-state index contributed by atoms with van der Waals surface area (Å²) in [5, 5.41) is 11.8. The van der Waals surface area contributed by atoms with Gasteiger partial charge in [-0.1, -0.05) is 15.9 Å². The van der Waals surface area contributed by atoms with Crippen LogP contribution in [0.4, 0.5) is 0 Å². The van der Waals surface area contributed by atoms with Crippen molar-refractivity contribution in [2.24, 2.45) is 0 Å². The van der Waals surface area contributed by atoms with Gasteiger partial charge in [0.15, 0.2) is 5.82 Å². The highest BCUT2D eigenvalue weighted by Gasteiger charge is 2.12. The molecule has 20 heavy (non-hydrogen) atoms. The summed E-state index contributed by atoms with van der Waals surface area (Å²) in [6.45, 7) is 3.57. The summed E-state index contributed by atoms with van der Waals surface area (Å²) in [7, 11) is 0. The summed E-state index contributed by atoms with van der Waals surface area (Å²) >= 11 is 3.42. The number of hydrogen-bond acceptors (Lipinski definition) is 4. The van der Waals surface area contributed by atoms with Crippen LogP contribution < -0.4 is 4.90 Å². The summed E-state index contributed by atoms with van der Waals surface area (Å²) in [5.74, 6) is 0.728. The number of nitrogens with one attached hydrogen (secondary N) is 1. The first-order valence-corrected chi connectivity index (χ1v) is 7.27. The molecule has 7 heteroatoms. The van der Waals surface area contributed by atoms with Crippen molar-refractivity contribution in [1.82, 2.24) is 20.2 Å². The van der Waals surface area contributed by atoms with Gasteiger partial charge in [-0.05, 0) is 34.7 Å². The first kappa shape index (κ1) is 13.4. The molecule has 6 nitrogen and oxygen atoms in total. The molecule has 1 aromatic carbocycles. The van der Waals surface area contributed by atoms with Crippen molar-refractivity contribution in [3.8, 4) is 5.69 Å². The second kappa shape index (κ2) is 6.25. The smallest absolute Gasteiger partial charge is 0.185 e. The molecule has 3 rings (SSSR count). The minimum Gasteiger partial charge on any atom is -0.370 e. The molecule has 0 amide bonds. The first-order chi connectivity index (χ1) is 9.83. The number of hydrogen-bond donors (Lipinski definition) is 1. The number of nitrogens with zero attached hydrogens (tertiary/aromatic N) is 4. The van der Waals surface area contributed by atoms with Crippen LogP contribution in [0.2, 0.25) is 0 Å². The van der Waals surface area contributed by atoms with E-state index in [0.717, 1.165) is 42.3 Å². The third-order valence-corrected chi connectivity index (χ3v) is 3.70. The highest BCUT2D eigenvalue weighted by molar-refractivity contribution is 9.10. The van der Waals surface area contributed by atoms with E-state index in [9.17, 15) is 0 Å². The molecule has 2 aromatic rings. The summed E-state index contributed by atoms with van der Waals surface area (Å²) in [5.41, 5.74) is 0.940. The maximum absolute atomic E-state index is 5.34. The number of benzene rings is 1. The van der Waals surface area contributed by atoms with Gasteiger partial charge in [-0.3, -0.25) is 0 Å². The van der Waals surface area contributed by atoms with Gasteiger partial charge in [0, 0.05) is 10.5 Å². The zero-order valence-corrected chi connectivity index (χ0v) is 12.5. The van der Waals surface area contributed by atoms with Crippen LogP contribution >= 0.6 is 15.9 Å². The molecule has 0 radical (unpaired) electrons. The van der Waals surface area contributed by atoms with Crippen LogP contribution in [0.5, 0.6) is 0 Å². The van der Waals surface area contributed by atoms with Crippen molar-refractivity contribution in [3.05, 3.63) is 40.8 Å². The highest BCUT2D eigenvalue weighted by atomic mass is 79.9. The second-order valence-corrected chi connectivity index (χ2v) is 5.44. The Kier molecular flexibility index (Phi) is 4.19. The lowest BCUT2D eigenvalue weighted by Crippen LogP contribution is -3.09. The Hall–Kier alpha value is -1.57. The standard InChI is InChI=1S/C13H14BrN5O/c14-11-1-3-12(4-2-11)19-13(15-16-17-19)5-6-18-7-9-20-10-8-18/h1-6H,7-10H2/p+1/b6-5+. The molecule has 1 fully saturated rings. The fourth-order valence-corrected chi connectivity index (χ4v) is 2.32. The molecule has 2 heterocycles. The maximum Gasteiger partial charge on any atom is 0.185 e. The van der Waals surface area contributed by atoms with Crippen molar-refractivity contribution in [1.29, 1.82) is 0 Å². The highest BCUT2D eigenvalue weighted by Crippen LogP contribution is 2.14. The third kappa shape index (κ3) is 3.12. The van der Waals surface area contributed by atoms with Gasteiger partial charge in [-0.2, -0.15) is 4.68 Å². The molecular formula is C13H15BrN5O+. The van der Waals surface area contributed by atoms with Crippen LogP contribution in [0.3, 0.4) is 0 Å². The molecule has 1 aliphatic rings. The van der Waals surface area contributed by atoms with Gasteiger partial charge in [0.25, 0.3) is 0 Å². The topological polar surface area (TPSA) is 57.3 Å². The van der Waals surface area contributed by atoms with Gasteiger partial charge < -0.3 is 9.64 Å². The number of morpholine rings is 1. The van der Waals surface area contributed by atoms with Crippen LogP contribution in [-0.2, 0) is 4.74 Å². The second-order valence-electron chi connectivity index (χ2n) is 4.53. The molecule has 1 N–H and O–H groups in total. The van der Waals surface area contributed by atoms with E-state index in [2.05, 4.69) is 37.7 Å². The van der Waals surface area contributed by atoms with E-state index < -0.39 is 0 Å². The van der Waals surface area contributed by atoms with Crippen LogP contribution in [0.1, 0.15) is 5.82 Å². The van der Waals surface area contributed by atoms with Crippen molar-refractivity contribution >= 4 is 22.0 Å². The number of ether oxygens (including phenoxy) is 1. The summed E-state index contributed by atoms with van der Waals surface area (Å²) in [4.78, 5) is 1.38. The van der Waals surface area contributed by atoms with Gasteiger partial charge in [0.1, 0.15) is 13.1 Å². The van der Waals surface area contributed by atoms with E-state index in [0.29, 0.717) is 0 Å². The Morgan fingerprint density at radius 2 is 1.95 bits per heavy atom. The largest absolute Gasteiger partial charge is 0.370 e. The van der Waals surface area contributed by atoms with Crippen molar-refractivity contribution in [2.45, 2.75) is 0 Å². The Bertz CT molecular complexity index is 589. The predicted octanol–water partition coefficient (Wildman–Crippen LogP) is 0.311. The number of halogens is 1. The fraction of sp³-hybridized carbons (Fsp3) is 0.308. The number of aromatic nitrogens is 4. The maximum atomic E-state index is 5.34. The van der Waals surface area contributed by atoms with E-state index in [1.807, 2.05) is 30.3 Å². The molecule has 104 valence electrons. The monoisotopic (exact) mass is 336 g/mol. The van der Waals surface area contributed by atoms with Crippen molar-refractivity contribution in [3.63, 3.8) is 0 Å². The summed E-state index contributed by atoms with van der Waals surface area (Å²) < 4.78 is 8.09. The van der Waals surface area contributed by atoms with Crippen LogP contribution in [0, 0.1) is 0 Å². The lowest BCUT2D eigenvalue weighted by Gasteiger charge is -2.19. The van der Waals surface area contributed by atoms with E-state index in [-0.39, 0.29) is 0 Å². The molecule has 0 unspecified atom stereocenters. The normalized spacial score (nSPS) is 16.9. The minimum atomic E-state index is 0.728. The molecule has 0 atom stereocenters. The molecule has 0 aliphatic carbocycles. The molecule has 1 aliphatic heterocycles. The van der Waals surface area contributed by atoms with E-state index in [4.69, 9.17) is 4.74 Å². The zero-order valence-electron chi connectivity index (χ0n) is 10.9. The van der Waals surface area contributed by atoms with Crippen molar-refractivity contribution < 1.29 is 9.64 Å². The van der Waals surface area contributed by atoms with Gasteiger partial charge in [-0.15, -0.1) is 5.10 Å². The van der Waals surface area contributed by atoms with E-state index >= 15 is 0 Å². The average Bonchev–Trinajstić information content (AvgIpc) is 2.95. The van der Waals surface area contributed by atoms with Gasteiger partial charge in [-0.25, -0.2) is 0 Å². The van der Waals surface area contributed by atoms with E-state index in [1.165, 1.54) is 4.90 Å². The first-order valence-electron chi connectivity index (χ1n) is 6.48. The fourth-order valence-electron chi connectivity index (χ4n) is 2.06. The van der Waals surface area contributed by atoms with Crippen LogP contribution in [-0.4, -0.2) is 46.5 Å². The lowest BCUT2D eigenvalue weighted by molar-refractivity contribution is -0.855. The third-order valence-electron chi connectivity index (χ3n) is 3.17. The van der Waals surface area contributed by atoms with Gasteiger partial charge >= 0.3 is 0 Å². The Morgan fingerprint density at radius 1 is 1.20 bits per heavy atom.